The van der Waals surface area contributed by atoms with Crippen LogP contribution >= 0.6 is 23.2 Å². The lowest BCUT2D eigenvalue weighted by atomic mass is 10.3. The van der Waals surface area contributed by atoms with Crippen molar-refractivity contribution in [2.45, 2.75) is 0 Å². The minimum Gasteiger partial charge on any atom is -0.456 e. The summed E-state index contributed by atoms with van der Waals surface area (Å²) in [5.74, 6) is 0.206. The maximum absolute atomic E-state index is 13.1. The number of benzene rings is 2. The van der Waals surface area contributed by atoms with Gasteiger partial charge in [-0.25, -0.2) is 4.39 Å². The average molecular weight is 272 g/mol. The molecule has 0 unspecified atom stereocenters. The number of hydrogen-bond acceptors (Lipinski definition) is 2. The van der Waals surface area contributed by atoms with E-state index in [2.05, 4.69) is 0 Å². The van der Waals surface area contributed by atoms with Gasteiger partial charge in [0.1, 0.15) is 17.3 Å². The van der Waals surface area contributed by atoms with Crippen LogP contribution in [-0.2, 0) is 0 Å². The fourth-order valence-corrected chi connectivity index (χ4v) is 1.78. The van der Waals surface area contributed by atoms with Crippen molar-refractivity contribution < 1.29 is 9.13 Å². The number of anilines is 1. The normalized spacial score (nSPS) is 10.3. The molecule has 17 heavy (non-hydrogen) atoms. The van der Waals surface area contributed by atoms with Crippen LogP contribution in [0.3, 0.4) is 0 Å². The molecule has 0 heterocycles. The van der Waals surface area contributed by atoms with Crippen molar-refractivity contribution in [3.8, 4) is 11.5 Å². The van der Waals surface area contributed by atoms with Gasteiger partial charge in [-0.3, -0.25) is 0 Å². The minimum absolute atomic E-state index is 0.282. The molecule has 0 spiro atoms. The summed E-state index contributed by atoms with van der Waals surface area (Å²) in [6.45, 7) is 0. The molecule has 0 radical (unpaired) electrons. The number of nitrogens with two attached hydrogens (primary N) is 1. The first-order valence-electron chi connectivity index (χ1n) is 4.73. The van der Waals surface area contributed by atoms with Crippen LogP contribution in [0.5, 0.6) is 11.5 Å². The predicted molar refractivity (Wildman–Crippen MR) is 67.3 cm³/mol. The molecule has 5 heteroatoms. The third-order valence-corrected chi connectivity index (χ3v) is 2.55. The van der Waals surface area contributed by atoms with Crippen molar-refractivity contribution in [3.05, 3.63) is 52.3 Å². The van der Waals surface area contributed by atoms with Crippen molar-refractivity contribution >= 4 is 28.9 Å². The molecule has 0 aliphatic heterocycles. The van der Waals surface area contributed by atoms with Gasteiger partial charge in [-0.05, 0) is 24.3 Å². The molecule has 2 aromatic carbocycles. The molecule has 2 N–H and O–H groups in total. The smallest absolute Gasteiger partial charge is 0.146 e. The number of hydrogen-bond donors (Lipinski definition) is 1. The standard InChI is InChI=1S/C12H8Cl2FNO/c13-7-1-2-12(11(14)3-7)17-10-5-8(15)4-9(16)6-10/h1-6H,16H2. The molecule has 2 rings (SSSR count). The van der Waals surface area contributed by atoms with E-state index in [1.165, 1.54) is 18.2 Å². The van der Waals surface area contributed by atoms with Crippen LogP contribution in [0.25, 0.3) is 0 Å². The zero-order valence-corrected chi connectivity index (χ0v) is 10.1. The van der Waals surface area contributed by atoms with E-state index in [9.17, 15) is 4.39 Å². The fraction of sp³-hybridized carbons (Fsp3) is 0. The third-order valence-electron chi connectivity index (χ3n) is 2.02. The highest BCUT2D eigenvalue weighted by molar-refractivity contribution is 6.35. The largest absolute Gasteiger partial charge is 0.456 e. The summed E-state index contributed by atoms with van der Waals surface area (Å²) in [6.07, 6.45) is 0. The SMILES string of the molecule is Nc1cc(F)cc(Oc2ccc(Cl)cc2Cl)c1. The fourth-order valence-electron chi connectivity index (χ4n) is 1.33. The minimum atomic E-state index is -0.468. The van der Waals surface area contributed by atoms with Gasteiger partial charge in [-0.15, -0.1) is 0 Å². The van der Waals surface area contributed by atoms with Gasteiger partial charge in [-0.1, -0.05) is 23.2 Å². The second kappa shape index (κ2) is 4.82. The van der Waals surface area contributed by atoms with Crippen LogP contribution in [0.4, 0.5) is 10.1 Å². The van der Waals surface area contributed by atoms with Crippen molar-refractivity contribution in [2.75, 3.05) is 5.73 Å². The van der Waals surface area contributed by atoms with Gasteiger partial charge in [-0.2, -0.15) is 0 Å². The first kappa shape index (κ1) is 12.0. The number of ether oxygens (including phenoxy) is 1. The van der Waals surface area contributed by atoms with E-state index >= 15 is 0 Å². The van der Waals surface area contributed by atoms with Crippen LogP contribution in [0, 0.1) is 5.82 Å². The molecule has 0 saturated carbocycles. The Balaban J connectivity index is 2.31. The lowest BCUT2D eigenvalue weighted by Gasteiger charge is -2.08. The van der Waals surface area contributed by atoms with Crippen molar-refractivity contribution in [2.24, 2.45) is 0 Å². The van der Waals surface area contributed by atoms with E-state index in [0.717, 1.165) is 0 Å². The van der Waals surface area contributed by atoms with E-state index in [0.29, 0.717) is 15.8 Å². The van der Waals surface area contributed by atoms with E-state index < -0.39 is 5.82 Å². The van der Waals surface area contributed by atoms with E-state index in [-0.39, 0.29) is 11.4 Å². The van der Waals surface area contributed by atoms with E-state index in [1.54, 1.807) is 18.2 Å². The summed E-state index contributed by atoms with van der Waals surface area (Å²) in [6, 6.07) is 8.71. The zero-order valence-electron chi connectivity index (χ0n) is 8.58. The van der Waals surface area contributed by atoms with Gasteiger partial charge in [0.05, 0.1) is 5.02 Å². The van der Waals surface area contributed by atoms with Crippen molar-refractivity contribution in [1.29, 1.82) is 0 Å². The summed E-state index contributed by atoms with van der Waals surface area (Å²) in [5.41, 5.74) is 5.78. The number of rotatable bonds is 2. The second-order valence-electron chi connectivity index (χ2n) is 3.40. The van der Waals surface area contributed by atoms with Crippen LogP contribution in [0.1, 0.15) is 0 Å². The molecule has 2 nitrogen and oxygen atoms in total. The van der Waals surface area contributed by atoms with Gasteiger partial charge in [0.25, 0.3) is 0 Å². The Bertz CT molecular complexity index is 540. The number of halogens is 3. The molecule has 0 fully saturated rings. The zero-order chi connectivity index (χ0) is 12.4. The maximum atomic E-state index is 13.1. The van der Waals surface area contributed by atoms with Crippen LogP contribution < -0.4 is 10.5 Å². The molecule has 0 aliphatic carbocycles. The highest BCUT2D eigenvalue weighted by Crippen LogP contribution is 2.32. The van der Waals surface area contributed by atoms with Crippen molar-refractivity contribution in [3.63, 3.8) is 0 Å². The summed E-state index contributed by atoms with van der Waals surface area (Å²) in [7, 11) is 0. The van der Waals surface area contributed by atoms with E-state index in [1.807, 2.05) is 0 Å². The van der Waals surface area contributed by atoms with E-state index in [4.69, 9.17) is 33.7 Å². The van der Waals surface area contributed by atoms with Crippen LogP contribution in [-0.4, -0.2) is 0 Å². The Kier molecular flexibility index (Phi) is 3.41. The molecular formula is C12H8Cl2FNO. The second-order valence-corrected chi connectivity index (χ2v) is 4.24. The van der Waals surface area contributed by atoms with Gasteiger partial charge < -0.3 is 10.5 Å². The van der Waals surface area contributed by atoms with Crippen LogP contribution in [0.15, 0.2) is 36.4 Å². The Morgan fingerprint density at radius 2 is 1.82 bits per heavy atom. The quantitative estimate of drug-likeness (QED) is 0.816. The van der Waals surface area contributed by atoms with Gasteiger partial charge in [0.15, 0.2) is 0 Å². The highest BCUT2D eigenvalue weighted by Gasteiger charge is 2.05. The lowest BCUT2D eigenvalue weighted by molar-refractivity contribution is 0.477. The van der Waals surface area contributed by atoms with Gasteiger partial charge in [0, 0.05) is 22.8 Å². The Morgan fingerprint density at radius 1 is 1.06 bits per heavy atom. The molecule has 2 aromatic rings. The molecule has 0 bridgehead atoms. The Hall–Kier alpha value is -1.45. The monoisotopic (exact) mass is 271 g/mol. The van der Waals surface area contributed by atoms with Crippen LogP contribution in [0.2, 0.25) is 10.0 Å². The average Bonchev–Trinajstić information content (AvgIpc) is 2.21. The summed E-state index contributed by atoms with van der Waals surface area (Å²) >= 11 is 11.7. The summed E-state index contributed by atoms with van der Waals surface area (Å²) in [5, 5.41) is 0.849. The Labute approximate surface area is 108 Å². The molecular weight excluding hydrogens is 264 g/mol. The van der Waals surface area contributed by atoms with Gasteiger partial charge >= 0.3 is 0 Å². The highest BCUT2D eigenvalue weighted by atomic mass is 35.5. The third kappa shape index (κ3) is 3.02. The summed E-state index contributed by atoms with van der Waals surface area (Å²) in [4.78, 5) is 0. The molecule has 0 amide bonds. The number of nitrogen functional groups attached to an aromatic ring is 1. The first-order valence-corrected chi connectivity index (χ1v) is 5.49. The lowest BCUT2D eigenvalue weighted by Crippen LogP contribution is -1.90. The maximum Gasteiger partial charge on any atom is 0.146 e. The predicted octanol–water partition coefficient (Wildman–Crippen LogP) is 4.51. The molecule has 0 aromatic heterocycles. The van der Waals surface area contributed by atoms with Crippen molar-refractivity contribution in [1.82, 2.24) is 0 Å². The first-order chi connectivity index (χ1) is 8.04. The molecule has 0 aliphatic rings. The topological polar surface area (TPSA) is 35.2 Å². The molecule has 0 saturated heterocycles. The molecule has 0 atom stereocenters. The Morgan fingerprint density at radius 3 is 2.47 bits per heavy atom. The van der Waals surface area contributed by atoms with Gasteiger partial charge in [0.2, 0.25) is 0 Å². The molecule has 88 valence electrons. The summed E-state index contributed by atoms with van der Waals surface area (Å²) < 4.78 is 18.5.